The fourth-order valence-corrected chi connectivity index (χ4v) is 4.00. The summed E-state index contributed by atoms with van der Waals surface area (Å²) in [5.41, 5.74) is 3.40. The minimum Gasteiger partial charge on any atom is -0.493 e. The van der Waals surface area contributed by atoms with Crippen LogP contribution < -0.4 is 14.8 Å². The molecule has 0 unspecified atom stereocenters. The monoisotopic (exact) mass is 408 g/mol. The lowest BCUT2D eigenvalue weighted by atomic mass is 10.1. The van der Waals surface area contributed by atoms with Crippen molar-refractivity contribution in [1.29, 1.82) is 0 Å². The molecule has 29 heavy (non-hydrogen) atoms. The Morgan fingerprint density at radius 2 is 1.90 bits per heavy atom. The van der Waals surface area contributed by atoms with E-state index in [-0.39, 0.29) is 0 Å². The average Bonchev–Trinajstić information content (AvgIpc) is 2.91. The highest BCUT2D eigenvalue weighted by atomic mass is 32.2. The summed E-state index contributed by atoms with van der Waals surface area (Å²) in [7, 11) is 0. The Morgan fingerprint density at radius 3 is 2.76 bits per heavy atom. The lowest BCUT2D eigenvalue weighted by Gasteiger charge is -2.21. The molecule has 0 radical (unpaired) electrons. The second-order valence-electron chi connectivity index (χ2n) is 6.61. The number of thioether (sulfide) groups is 1. The first kappa shape index (κ1) is 19.5. The summed E-state index contributed by atoms with van der Waals surface area (Å²) in [6.45, 7) is 4.72. The van der Waals surface area contributed by atoms with Crippen LogP contribution in [0.1, 0.15) is 38.5 Å². The number of benzene rings is 2. The van der Waals surface area contributed by atoms with Crippen LogP contribution in [-0.4, -0.2) is 27.5 Å². The van der Waals surface area contributed by atoms with Gasteiger partial charge in [-0.2, -0.15) is 4.98 Å². The largest absolute Gasteiger partial charge is 0.493 e. The van der Waals surface area contributed by atoms with Crippen molar-refractivity contribution in [2.75, 3.05) is 17.7 Å². The molecule has 1 atom stereocenters. The normalized spacial score (nSPS) is 14.8. The molecule has 1 aliphatic heterocycles. The fourth-order valence-electron chi connectivity index (χ4n) is 3.14. The van der Waals surface area contributed by atoms with Gasteiger partial charge in [-0.15, -0.1) is 10.2 Å². The smallest absolute Gasteiger partial charge is 0.247 e. The van der Waals surface area contributed by atoms with Crippen LogP contribution in [0.3, 0.4) is 0 Å². The zero-order valence-corrected chi connectivity index (χ0v) is 17.4. The number of rotatable bonds is 7. The molecule has 7 heteroatoms. The Balaban J connectivity index is 1.75. The van der Waals surface area contributed by atoms with E-state index in [0.29, 0.717) is 23.3 Å². The molecular weight excluding hydrogens is 384 g/mol. The molecule has 0 saturated carbocycles. The van der Waals surface area contributed by atoms with E-state index in [1.165, 1.54) is 0 Å². The van der Waals surface area contributed by atoms with Crippen molar-refractivity contribution in [3.63, 3.8) is 0 Å². The van der Waals surface area contributed by atoms with E-state index in [9.17, 15) is 0 Å². The first-order chi connectivity index (χ1) is 14.3. The molecule has 2 heterocycles. The van der Waals surface area contributed by atoms with Gasteiger partial charge in [0.25, 0.3) is 0 Å². The summed E-state index contributed by atoms with van der Waals surface area (Å²) < 4.78 is 12.2. The molecule has 1 aliphatic rings. The maximum Gasteiger partial charge on any atom is 0.247 e. The van der Waals surface area contributed by atoms with Gasteiger partial charge in [-0.3, -0.25) is 0 Å². The Hall–Kier alpha value is -2.80. The van der Waals surface area contributed by atoms with Gasteiger partial charge in [-0.05, 0) is 31.5 Å². The predicted octanol–water partition coefficient (Wildman–Crippen LogP) is 5.33. The van der Waals surface area contributed by atoms with Crippen molar-refractivity contribution in [2.24, 2.45) is 0 Å². The summed E-state index contributed by atoms with van der Waals surface area (Å²) in [6, 6.07) is 15.9. The number of anilines is 1. The molecule has 6 nitrogen and oxygen atoms in total. The highest BCUT2D eigenvalue weighted by Gasteiger charge is 2.27. The van der Waals surface area contributed by atoms with Crippen molar-refractivity contribution in [2.45, 2.75) is 38.1 Å². The summed E-state index contributed by atoms with van der Waals surface area (Å²) in [5, 5.41) is 12.9. The standard InChI is InChI=1S/C22H24N4O2S/c1-3-5-14-29-22-24-21-19(25-26-22)15-10-6-8-12-17(15)23-20(28-21)16-11-7-9-13-18(16)27-4-2/h6-13,20,23H,3-5,14H2,1-2H3/t20-/m0/s1. The van der Waals surface area contributed by atoms with Gasteiger partial charge in [0.1, 0.15) is 5.75 Å². The van der Waals surface area contributed by atoms with E-state index in [2.05, 4.69) is 27.4 Å². The van der Waals surface area contributed by atoms with Crippen molar-refractivity contribution >= 4 is 17.4 Å². The van der Waals surface area contributed by atoms with Gasteiger partial charge in [0, 0.05) is 17.0 Å². The average molecular weight is 409 g/mol. The number of hydrogen-bond donors (Lipinski definition) is 1. The molecule has 0 spiro atoms. The zero-order valence-electron chi connectivity index (χ0n) is 16.6. The summed E-state index contributed by atoms with van der Waals surface area (Å²) in [5.74, 6) is 2.23. The molecule has 0 fully saturated rings. The van der Waals surface area contributed by atoms with E-state index in [1.54, 1.807) is 11.8 Å². The van der Waals surface area contributed by atoms with Crippen LogP contribution in [0.2, 0.25) is 0 Å². The molecule has 3 aromatic rings. The third kappa shape index (κ3) is 4.29. The van der Waals surface area contributed by atoms with Crippen molar-refractivity contribution in [1.82, 2.24) is 15.2 Å². The van der Waals surface area contributed by atoms with Crippen LogP contribution in [0.25, 0.3) is 11.3 Å². The molecule has 2 aromatic carbocycles. The van der Waals surface area contributed by atoms with Gasteiger partial charge in [0.2, 0.25) is 17.3 Å². The molecule has 0 aliphatic carbocycles. The number of para-hydroxylation sites is 2. The highest BCUT2D eigenvalue weighted by molar-refractivity contribution is 7.99. The summed E-state index contributed by atoms with van der Waals surface area (Å²) >= 11 is 1.60. The number of nitrogens with one attached hydrogen (secondary N) is 1. The van der Waals surface area contributed by atoms with E-state index in [0.717, 1.165) is 41.2 Å². The quantitative estimate of drug-likeness (QED) is 0.418. The van der Waals surface area contributed by atoms with E-state index >= 15 is 0 Å². The van der Waals surface area contributed by atoms with Crippen molar-refractivity contribution in [3.8, 4) is 22.9 Å². The minimum atomic E-state index is -0.453. The molecule has 1 aromatic heterocycles. The van der Waals surface area contributed by atoms with Crippen LogP contribution in [0.4, 0.5) is 5.69 Å². The fraction of sp³-hybridized carbons (Fsp3) is 0.318. The van der Waals surface area contributed by atoms with Crippen LogP contribution >= 0.6 is 11.8 Å². The number of hydrogen-bond acceptors (Lipinski definition) is 7. The van der Waals surface area contributed by atoms with Crippen molar-refractivity contribution < 1.29 is 9.47 Å². The van der Waals surface area contributed by atoms with Gasteiger partial charge in [-0.25, -0.2) is 0 Å². The maximum atomic E-state index is 6.34. The minimum absolute atomic E-state index is 0.453. The molecule has 0 bridgehead atoms. The Kier molecular flexibility index (Phi) is 6.14. The van der Waals surface area contributed by atoms with Crippen molar-refractivity contribution in [3.05, 3.63) is 54.1 Å². The Bertz CT molecular complexity index is 983. The molecule has 0 saturated heterocycles. The molecule has 4 rings (SSSR count). The predicted molar refractivity (Wildman–Crippen MR) is 115 cm³/mol. The number of ether oxygens (including phenoxy) is 2. The zero-order chi connectivity index (χ0) is 20.1. The molecular formula is C22H24N4O2S. The number of nitrogens with zero attached hydrogens (tertiary/aromatic N) is 3. The second-order valence-corrected chi connectivity index (χ2v) is 7.67. The highest BCUT2D eigenvalue weighted by Crippen LogP contribution is 2.41. The maximum absolute atomic E-state index is 6.34. The Morgan fingerprint density at radius 1 is 1.07 bits per heavy atom. The van der Waals surface area contributed by atoms with Crippen LogP contribution in [0.5, 0.6) is 11.6 Å². The first-order valence-corrected chi connectivity index (χ1v) is 10.9. The van der Waals surface area contributed by atoms with Crippen LogP contribution in [0, 0.1) is 0 Å². The second kappa shape index (κ2) is 9.13. The number of unbranched alkanes of at least 4 members (excludes halogenated alkanes) is 1. The van der Waals surface area contributed by atoms with Gasteiger partial charge in [-0.1, -0.05) is 55.4 Å². The summed E-state index contributed by atoms with van der Waals surface area (Å²) in [4.78, 5) is 4.68. The lowest BCUT2D eigenvalue weighted by molar-refractivity contribution is 0.217. The van der Waals surface area contributed by atoms with Gasteiger partial charge in [0.05, 0.1) is 12.2 Å². The topological polar surface area (TPSA) is 69.2 Å². The Labute approximate surface area is 175 Å². The third-order valence-corrected chi connectivity index (χ3v) is 5.49. The first-order valence-electron chi connectivity index (χ1n) is 9.92. The van der Waals surface area contributed by atoms with Crippen LogP contribution in [0.15, 0.2) is 53.7 Å². The van der Waals surface area contributed by atoms with Gasteiger partial charge < -0.3 is 14.8 Å². The summed E-state index contributed by atoms with van der Waals surface area (Å²) in [6.07, 6.45) is 1.79. The van der Waals surface area contributed by atoms with Gasteiger partial charge in [0.15, 0.2) is 5.69 Å². The third-order valence-electron chi connectivity index (χ3n) is 4.56. The van der Waals surface area contributed by atoms with E-state index < -0.39 is 6.23 Å². The van der Waals surface area contributed by atoms with E-state index in [1.807, 2.05) is 55.5 Å². The SMILES string of the molecule is CCCCSc1nnc2c(n1)O[C@@H](c1ccccc1OCC)Nc1ccccc1-2. The molecule has 150 valence electrons. The number of fused-ring (bicyclic) bond motifs is 3. The van der Waals surface area contributed by atoms with E-state index in [4.69, 9.17) is 9.47 Å². The van der Waals surface area contributed by atoms with Gasteiger partial charge >= 0.3 is 0 Å². The number of aromatic nitrogens is 3. The van der Waals surface area contributed by atoms with Crippen LogP contribution in [-0.2, 0) is 0 Å². The molecule has 1 N–H and O–H groups in total. The lowest BCUT2D eigenvalue weighted by Crippen LogP contribution is -2.18. The molecule has 0 amide bonds.